The quantitative estimate of drug-likeness (QED) is 0.513. The summed E-state index contributed by atoms with van der Waals surface area (Å²) in [6.07, 6.45) is 4.33. The maximum Gasteiger partial charge on any atom is 0.146 e. The number of ketones is 2. The second-order valence-corrected chi connectivity index (χ2v) is 4.28. The predicted octanol–water partition coefficient (Wildman–Crippen LogP) is 1.72. The van der Waals surface area contributed by atoms with Crippen LogP contribution in [-0.4, -0.2) is 11.6 Å². The van der Waals surface area contributed by atoms with E-state index in [4.69, 9.17) is 0 Å². The van der Waals surface area contributed by atoms with Gasteiger partial charge in [0.05, 0.1) is 6.42 Å². The van der Waals surface area contributed by atoms with Crippen LogP contribution < -0.4 is 0 Å². The van der Waals surface area contributed by atoms with Crippen molar-refractivity contribution < 1.29 is 9.59 Å². The van der Waals surface area contributed by atoms with Crippen LogP contribution in [0, 0.1) is 11.3 Å². The van der Waals surface area contributed by atoms with Gasteiger partial charge in [0, 0.05) is 11.3 Å². The van der Waals surface area contributed by atoms with E-state index in [0.717, 1.165) is 25.7 Å². The van der Waals surface area contributed by atoms with Gasteiger partial charge >= 0.3 is 0 Å². The van der Waals surface area contributed by atoms with Crippen molar-refractivity contribution in [2.75, 3.05) is 0 Å². The molecule has 0 aromatic heterocycles. The normalized spacial score (nSPS) is 41.6. The summed E-state index contributed by atoms with van der Waals surface area (Å²) in [5.41, 5.74) is -0.269. The molecule has 2 heteroatoms. The minimum atomic E-state index is -0.269. The fourth-order valence-corrected chi connectivity index (χ4v) is 2.67. The van der Waals surface area contributed by atoms with Gasteiger partial charge in [0.2, 0.25) is 0 Å². The first-order chi connectivity index (χ1) is 5.64. The molecule has 2 unspecified atom stereocenters. The Hall–Kier alpha value is -0.660. The summed E-state index contributed by atoms with van der Waals surface area (Å²) in [5, 5.41) is 0. The molecule has 0 amide bonds. The molecule has 2 aliphatic rings. The molecule has 66 valence electrons. The molecule has 0 saturated heterocycles. The number of rotatable bonds is 0. The molecule has 2 nitrogen and oxygen atoms in total. The van der Waals surface area contributed by atoms with Gasteiger partial charge in [-0.2, -0.15) is 0 Å². The molecule has 12 heavy (non-hydrogen) atoms. The summed E-state index contributed by atoms with van der Waals surface area (Å²) in [5.74, 6) is 0.457. The third-order valence-corrected chi connectivity index (χ3v) is 3.57. The number of fused-ring (bicyclic) bond motifs is 1. The zero-order valence-corrected chi connectivity index (χ0v) is 7.43. The van der Waals surface area contributed by atoms with Crippen molar-refractivity contribution in [1.82, 2.24) is 0 Å². The second-order valence-electron chi connectivity index (χ2n) is 4.28. The molecule has 2 aliphatic carbocycles. The zero-order valence-electron chi connectivity index (χ0n) is 7.43. The first-order valence-electron chi connectivity index (χ1n) is 4.70. The summed E-state index contributed by atoms with van der Waals surface area (Å²) < 4.78 is 0. The molecule has 0 N–H and O–H groups in total. The smallest absolute Gasteiger partial charge is 0.146 e. The summed E-state index contributed by atoms with van der Waals surface area (Å²) in [6, 6.07) is 0. The highest BCUT2D eigenvalue weighted by molar-refractivity contribution is 6.10. The van der Waals surface area contributed by atoms with Gasteiger partial charge in [0.1, 0.15) is 11.6 Å². The van der Waals surface area contributed by atoms with Crippen LogP contribution in [0.2, 0.25) is 0 Å². The van der Waals surface area contributed by atoms with Crippen LogP contribution >= 0.6 is 0 Å². The Labute approximate surface area is 72.3 Å². The molecule has 0 aromatic carbocycles. The predicted molar refractivity (Wildman–Crippen MR) is 44.7 cm³/mol. The van der Waals surface area contributed by atoms with Crippen molar-refractivity contribution >= 4 is 11.6 Å². The van der Waals surface area contributed by atoms with Crippen LogP contribution in [-0.2, 0) is 9.59 Å². The number of hydrogen-bond acceptors (Lipinski definition) is 2. The molecule has 0 aliphatic heterocycles. The molecule has 0 radical (unpaired) electrons. The molecular weight excluding hydrogens is 152 g/mol. The Bertz CT molecular complexity index is 244. The van der Waals surface area contributed by atoms with Crippen molar-refractivity contribution in [2.45, 2.75) is 39.0 Å². The average Bonchev–Trinajstić information content (AvgIpc) is 2.25. The van der Waals surface area contributed by atoms with Crippen molar-refractivity contribution in [3.63, 3.8) is 0 Å². The fourth-order valence-electron chi connectivity index (χ4n) is 2.67. The van der Waals surface area contributed by atoms with Gasteiger partial charge in [-0.25, -0.2) is 0 Å². The van der Waals surface area contributed by atoms with E-state index in [-0.39, 0.29) is 29.3 Å². The number of carbonyl (C=O) groups is 2. The van der Waals surface area contributed by atoms with E-state index in [1.807, 2.05) is 6.92 Å². The highest BCUT2D eigenvalue weighted by Gasteiger charge is 2.51. The van der Waals surface area contributed by atoms with E-state index < -0.39 is 0 Å². The minimum Gasteiger partial charge on any atom is -0.299 e. The van der Waals surface area contributed by atoms with Gasteiger partial charge in [-0.05, 0) is 12.8 Å². The molecule has 2 rings (SSSR count). The lowest BCUT2D eigenvalue weighted by atomic mass is 9.69. The Morgan fingerprint density at radius 2 is 2.08 bits per heavy atom. The van der Waals surface area contributed by atoms with Gasteiger partial charge in [0.25, 0.3) is 0 Å². The molecule has 0 bridgehead atoms. The van der Waals surface area contributed by atoms with E-state index in [1.54, 1.807) is 0 Å². The molecular formula is C10H14O2. The maximum atomic E-state index is 11.5. The van der Waals surface area contributed by atoms with Crippen molar-refractivity contribution in [2.24, 2.45) is 11.3 Å². The summed E-state index contributed by atoms with van der Waals surface area (Å²) in [7, 11) is 0. The Morgan fingerprint density at radius 1 is 1.33 bits per heavy atom. The lowest BCUT2D eigenvalue weighted by Gasteiger charge is -2.33. The molecule has 0 aromatic rings. The Kier molecular flexibility index (Phi) is 1.60. The first-order valence-corrected chi connectivity index (χ1v) is 4.70. The Balaban J connectivity index is 2.33. The molecule has 2 fully saturated rings. The summed E-state index contributed by atoms with van der Waals surface area (Å²) in [6.45, 7) is 1.98. The topological polar surface area (TPSA) is 34.1 Å². The molecule has 2 saturated carbocycles. The van der Waals surface area contributed by atoms with E-state index in [1.165, 1.54) is 0 Å². The van der Waals surface area contributed by atoms with Crippen LogP contribution in [0.25, 0.3) is 0 Å². The highest BCUT2D eigenvalue weighted by Crippen LogP contribution is 2.47. The van der Waals surface area contributed by atoms with E-state index in [0.29, 0.717) is 0 Å². The van der Waals surface area contributed by atoms with Crippen LogP contribution in [0.1, 0.15) is 39.0 Å². The zero-order chi connectivity index (χ0) is 8.77. The third-order valence-electron chi connectivity index (χ3n) is 3.57. The van der Waals surface area contributed by atoms with E-state index in [9.17, 15) is 9.59 Å². The van der Waals surface area contributed by atoms with Crippen LogP contribution in [0.5, 0.6) is 0 Å². The van der Waals surface area contributed by atoms with Crippen molar-refractivity contribution in [1.29, 1.82) is 0 Å². The molecule has 2 atom stereocenters. The van der Waals surface area contributed by atoms with Crippen LogP contribution in [0.15, 0.2) is 0 Å². The van der Waals surface area contributed by atoms with Gasteiger partial charge in [-0.15, -0.1) is 0 Å². The lowest BCUT2D eigenvalue weighted by molar-refractivity contribution is -0.128. The molecule has 0 heterocycles. The van der Waals surface area contributed by atoms with Gasteiger partial charge in [-0.1, -0.05) is 19.8 Å². The summed E-state index contributed by atoms with van der Waals surface area (Å²) in [4.78, 5) is 22.9. The van der Waals surface area contributed by atoms with Gasteiger partial charge in [-0.3, -0.25) is 9.59 Å². The fraction of sp³-hybridized carbons (Fsp3) is 0.800. The minimum absolute atomic E-state index is 0.0683. The average molecular weight is 166 g/mol. The maximum absolute atomic E-state index is 11.5. The summed E-state index contributed by atoms with van der Waals surface area (Å²) >= 11 is 0. The van der Waals surface area contributed by atoms with E-state index >= 15 is 0 Å². The molecule has 0 spiro atoms. The number of carbonyl (C=O) groups excluding carboxylic acids is 2. The monoisotopic (exact) mass is 166 g/mol. The largest absolute Gasteiger partial charge is 0.299 e. The third kappa shape index (κ3) is 0.869. The SMILES string of the molecule is CC12CCCCC1C(=O)CC2=O. The van der Waals surface area contributed by atoms with Crippen molar-refractivity contribution in [3.8, 4) is 0 Å². The second kappa shape index (κ2) is 2.41. The van der Waals surface area contributed by atoms with E-state index in [2.05, 4.69) is 0 Å². The standard InChI is InChI=1S/C10H14O2/c1-10-5-3-2-4-7(10)8(11)6-9(10)12/h7H,2-6H2,1H3. The van der Waals surface area contributed by atoms with Crippen LogP contribution in [0.3, 0.4) is 0 Å². The van der Waals surface area contributed by atoms with Crippen molar-refractivity contribution in [3.05, 3.63) is 0 Å². The van der Waals surface area contributed by atoms with Gasteiger partial charge in [0.15, 0.2) is 0 Å². The highest BCUT2D eigenvalue weighted by atomic mass is 16.2. The van der Waals surface area contributed by atoms with Gasteiger partial charge < -0.3 is 0 Å². The first kappa shape index (κ1) is 7.96. The number of hydrogen-bond donors (Lipinski definition) is 0. The lowest BCUT2D eigenvalue weighted by Crippen LogP contribution is -2.33. The Morgan fingerprint density at radius 3 is 2.75 bits per heavy atom. The number of Topliss-reactive ketones (excluding diaryl/α,β-unsaturated/α-hetero) is 2. The van der Waals surface area contributed by atoms with Crippen LogP contribution in [0.4, 0.5) is 0 Å².